The van der Waals surface area contributed by atoms with Gasteiger partial charge < -0.3 is 10.0 Å². The van der Waals surface area contributed by atoms with Gasteiger partial charge in [0.15, 0.2) is 0 Å². The van der Waals surface area contributed by atoms with Crippen LogP contribution >= 0.6 is 0 Å². The third kappa shape index (κ3) is 5.42. The molecule has 72 valence electrons. The number of rotatable bonds is 2. The standard InChI is InChI=1S/C7H10N2O4/c1-9(2)7(13)8-5(10)3-4-6(11)12/h3-4H,1-2H3,(H,11,12)(H,8,10,13)/b4-3+. The van der Waals surface area contributed by atoms with Crippen molar-refractivity contribution in [1.29, 1.82) is 0 Å². The summed E-state index contributed by atoms with van der Waals surface area (Å²) >= 11 is 0. The van der Waals surface area contributed by atoms with Gasteiger partial charge in [0.1, 0.15) is 0 Å². The van der Waals surface area contributed by atoms with Crippen molar-refractivity contribution in [2.24, 2.45) is 0 Å². The minimum absolute atomic E-state index is 0.597. The van der Waals surface area contributed by atoms with E-state index in [-0.39, 0.29) is 0 Å². The summed E-state index contributed by atoms with van der Waals surface area (Å²) < 4.78 is 0. The molecule has 0 atom stereocenters. The molecule has 0 aromatic rings. The Bertz CT molecular complexity index is 257. The Morgan fingerprint density at radius 1 is 1.23 bits per heavy atom. The molecule has 2 N–H and O–H groups in total. The lowest BCUT2D eigenvalue weighted by atomic mass is 10.5. The number of hydrogen-bond acceptors (Lipinski definition) is 3. The SMILES string of the molecule is CN(C)C(=O)NC(=O)/C=C/C(=O)O. The first-order valence-corrected chi connectivity index (χ1v) is 3.36. The quantitative estimate of drug-likeness (QED) is 0.565. The van der Waals surface area contributed by atoms with Gasteiger partial charge >= 0.3 is 12.0 Å². The van der Waals surface area contributed by atoms with E-state index in [0.717, 1.165) is 11.0 Å². The Morgan fingerprint density at radius 3 is 2.15 bits per heavy atom. The molecule has 6 heteroatoms. The molecule has 0 bridgehead atoms. The van der Waals surface area contributed by atoms with Crippen molar-refractivity contribution in [3.63, 3.8) is 0 Å². The monoisotopic (exact) mass is 186 g/mol. The van der Waals surface area contributed by atoms with Crippen LogP contribution in [0, 0.1) is 0 Å². The number of carbonyl (C=O) groups is 3. The molecule has 0 aliphatic rings. The minimum Gasteiger partial charge on any atom is -0.478 e. The zero-order valence-electron chi connectivity index (χ0n) is 7.27. The van der Waals surface area contributed by atoms with Crippen LogP contribution in [-0.4, -0.2) is 42.0 Å². The van der Waals surface area contributed by atoms with Crippen molar-refractivity contribution in [3.8, 4) is 0 Å². The molecule has 0 unspecified atom stereocenters. The maximum atomic E-state index is 10.8. The molecule has 0 aromatic heterocycles. The average Bonchev–Trinajstić information content (AvgIpc) is 2.00. The van der Waals surface area contributed by atoms with Crippen LogP contribution in [0.15, 0.2) is 12.2 Å². The number of imide groups is 1. The first-order valence-electron chi connectivity index (χ1n) is 3.36. The van der Waals surface area contributed by atoms with Crippen LogP contribution in [0.1, 0.15) is 0 Å². The predicted octanol–water partition coefficient (Wildman–Crippen LogP) is -0.575. The molecule has 3 amide bonds. The van der Waals surface area contributed by atoms with E-state index in [0.29, 0.717) is 6.08 Å². The van der Waals surface area contributed by atoms with Crippen LogP contribution in [-0.2, 0) is 9.59 Å². The number of carbonyl (C=O) groups excluding carboxylic acids is 2. The van der Waals surface area contributed by atoms with Crippen LogP contribution in [0.25, 0.3) is 0 Å². The largest absolute Gasteiger partial charge is 0.478 e. The summed E-state index contributed by atoms with van der Waals surface area (Å²) in [6, 6.07) is -0.597. The molecule has 0 saturated carbocycles. The highest BCUT2D eigenvalue weighted by molar-refractivity contribution is 6.02. The van der Waals surface area contributed by atoms with E-state index < -0.39 is 17.9 Å². The van der Waals surface area contributed by atoms with Gasteiger partial charge in [0.05, 0.1) is 0 Å². The number of nitrogens with zero attached hydrogens (tertiary/aromatic N) is 1. The lowest BCUT2D eigenvalue weighted by Crippen LogP contribution is -2.37. The van der Waals surface area contributed by atoms with E-state index in [2.05, 4.69) is 0 Å². The number of nitrogens with one attached hydrogen (secondary N) is 1. The summed E-state index contributed by atoms with van der Waals surface area (Å²) in [5, 5.41) is 10.1. The van der Waals surface area contributed by atoms with Gasteiger partial charge in [-0.25, -0.2) is 9.59 Å². The highest BCUT2D eigenvalue weighted by atomic mass is 16.4. The number of amides is 3. The first-order chi connectivity index (χ1) is 5.93. The summed E-state index contributed by atoms with van der Waals surface area (Å²) in [4.78, 5) is 32.7. The van der Waals surface area contributed by atoms with Crippen molar-refractivity contribution < 1.29 is 19.5 Å². The Balaban J connectivity index is 4.02. The molecule has 0 saturated heterocycles. The van der Waals surface area contributed by atoms with Crippen LogP contribution in [0.5, 0.6) is 0 Å². The number of urea groups is 1. The number of carboxylic acids is 1. The van der Waals surface area contributed by atoms with Crippen molar-refractivity contribution in [1.82, 2.24) is 10.2 Å². The molecular weight excluding hydrogens is 176 g/mol. The molecule has 0 aliphatic carbocycles. The van der Waals surface area contributed by atoms with Gasteiger partial charge in [-0.05, 0) is 0 Å². The fourth-order valence-corrected chi connectivity index (χ4v) is 0.406. The minimum atomic E-state index is -1.24. The highest BCUT2D eigenvalue weighted by Gasteiger charge is 2.05. The topological polar surface area (TPSA) is 86.7 Å². The fraction of sp³-hybridized carbons (Fsp3) is 0.286. The molecule has 0 fully saturated rings. The van der Waals surface area contributed by atoms with Gasteiger partial charge in [0, 0.05) is 26.2 Å². The first kappa shape index (κ1) is 11.2. The van der Waals surface area contributed by atoms with Crippen LogP contribution in [0.4, 0.5) is 4.79 Å². The zero-order valence-corrected chi connectivity index (χ0v) is 7.27. The van der Waals surface area contributed by atoms with E-state index in [1.807, 2.05) is 5.32 Å². The van der Waals surface area contributed by atoms with Gasteiger partial charge in [-0.15, -0.1) is 0 Å². The smallest absolute Gasteiger partial charge is 0.328 e. The molecule has 6 nitrogen and oxygen atoms in total. The summed E-state index contributed by atoms with van der Waals surface area (Å²) in [6.07, 6.45) is 1.42. The third-order valence-electron chi connectivity index (χ3n) is 1.01. The fourth-order valence-electron chi connectivity index (χ4n) is 0.406. The predicted molar refractivity (Wildman–Crippen MR) is 44.0 cm³/mol. The Morgan fingerprint density at radius 2 is 1.77 bits per heavy atom. The second-order valence-corrected chi connectivity index (χ2v) is 2.36. The molecule has 0 heterocycles. The number of hydrogen-bond donors (Lipinski definition) is 2. The van der Waals surface area contributed by atoms with Gasteiger partial charge in [-0.2, -0.15) is 0 Å². The van der Waals surface area contributed by atoms with Crippen LogP contribution in [0.3, 0.4) is 0 Å². The Labute approximate surface area is 74.8 Å². The molecule has 13 heavy (non-hydrogen) atoms. The molecule has 0 aliphatic heterocycles. The van der Waals surface area contributed by atoms with Gasteiger partial charge in [-0.3, -0.25) is 10.1 Å². The van der Waals surface area contributed by atoms with Crippen molar-refractivity contribution in [2.45, 2.75) is 0 Å². The van der Waals surface area contributed by atoms with Crippen molar-refractivity contribution in [2.75, 3.05) is 14.1 Å². The third-order valence-corrected chi connectivity index (χ3v) is 1.01. The lowest BCUT2D eigenvalue weighted by molar-refractivity contribution is -0.131. The van der Waals surface area contributed by atoms with Crippen molar-refractivity contribution >= 4 is 17.9 Å². The highest BCUT2D eigenvalue weighted by Crippen LogP contribution is 1.79. The normalized spacial score (nSPS) is 9.69. The maximum Gasteiger partial charge on any atom is 0.328 e. The summed E-state index contributed by atoms with van der Waals surface area (Å²) in [5.74, 6) is -2.01. The van der Waals surface area contributed by atoms with E-state index in [1.165, 1.54) is 14.1 Å². The maximum absolute atomic E-state index is 10.8. The van der Waals surface area contributed by atoms with Crippen LogP contribution < -0.4 is 5.32 Å². The second kappa shape index (κ2) is 4.91. The lowest BCUT2D eigenvalue weighted by Gasteiger charge is -2.08. The molecule has 0 spiro atoms. The number of aliphatic carboxylic acids is 1. The van der Waals surface area contributed by atoms with Gasteiger partial charge in [0.2, 0.25) is 0 Å². The summed E-state index contributed by atoms with van der Waals surface area (Å²) in [7, 11) is 2.92. The zero-order chi connectivity index (χ0) is 10.4. The molecule has 0 aromatic carbocycles. The van der Waals surface area contributed by atoms with E-state index in [4.69, 9.17) is 5.11 Å². The van der Waals surface area contributed by atoms with E-state index in [9.17, 15) is 14.4 Å². The molecule has 0 rings (SSSR count). The summed E-state index contributed by atoms with van der Waals surface area (Å²) in [6.45, 7) is 0. The van der Waals surface area contributed by atoms with Crippen LogP contribution in [0.2, 0.25) is 0 Å². The Hall–Kier alpha value is -1.85. The van der Waals surface area contributed by atoms with E-state index in [1.54, 1.807) is 0 Å². The van der Waals surface area contributed by atoms with E-state index >= 15 is 0 Å². The van der Waals surface area contributed by atoms with Crippen molar-refractivity contribution in [3.05, 3.63) is 12.2 Å². The molecular formula is C7H10N2O4. The van der Waals surface area contributed by atoms with Gasteiger partial charge in [0.25, 0.3) is 5.91 Å². The summed E-state index contributed by atoms with van der Waals surface area (Å²) in [5.41, 5.74) is 0. The number of carboxylic acid groups (broad SMARTS) is 1. The average molecular weight is 186 g/mol. The van der Waals surface area contributed by atoms with Gasteiger partial charge in [-0.1, -0.05) is 0 Å². The Kier molecular flexibility index (Phi) is 4.21. The second-order valence-electron chi connectivity index (χ2n) is 2.36. The molecule has 0 radical (unpaired) electrons.